The van der Waals surface area contributed by atoms with Gasteiger partial charge in [0.2, 0.25) is 0 Å². The lowest BCUT2D eigenvalue weighted by atomic mass is 10.2. The number of carbonyl (C=O) groups is 2. The van der Waals surface area contributed by atoms with Crippen LogP contribution in [0.3, 0.4) is 0 Å². The summed E-state index contributed by atoms with van der Waals surface area (Å²) >= 11 is 5.87. The number of hydrogen-bond donors (Lipinski definition) is 1. The molecule has 2 aromatic rings. The number of carbonyl (C=O) groups excluding carboxylic acids is 2. The van der Waals surface area contributed by atoms with Crippen LogP contribution in [-0.2, 0) is 15.7 Å². The van der Waals surface area contributed by atoms with Crippen molar-refractivity contribution in [3.05, 3.63) is 58.6 Å². The van der Waals surface area contributed by atoms with Gasteiger partial charge in [-0.1, -0.05) is 11.6 Å². The van der Waals surface area contributed by atoms with Crippen molar-refractivity contribution in [1.29, 1.82) is 0 Å². The molecule has 0 heterocycles. The molecule has 0 saturated carbocycles. The Kier molecular flexibility index (Phi) is 7.72. The van der Waals surface area contributed by atoms with Crippen LogP contribution >= 0.6 is 11.6 Å². The second kappa shape index (κ2) is 9.84. The lowest BCUT2D eigenvalue weighted by Crippen LogP contribution is -2.30. The summed E-state index contributed by atoms with van der Waals surface area (Å²) in [6.45, 7) is 6.98. The zero-order chi connectivity index (χ0) is 22.5. The van der Waals surface area contributed by atoms with Crippen molar-refractivity contribution in [2.75, 3.05) is 23.3 Å². The third kappa shape index (κ3) is 5.89. The number of amides is 1. The van der Waals surface area contributed by atoms with Crippen LogP contribution in [0.2, 0.25) is 5.02 Å². The Morgan fingerprint density at radius 2 is 1.70 bits per heavy atom. The minimum Gasteiger partial charge on any atom is -0.449 e. The van der Waals surface area contributed by atoms with E-state index in [0.29, 0.717) is 0 Å². The summed E-state index contributed by atoms with van der Waals surface area (Å²) in [5.74, 6) is -1.52. The van der Waals surface area contributed by atoms with Gasteiger partial charge in [-0.15, -0.1) is 0 Å². The van der Waals surface area contributed by atoms with Gasteiger partial charge in [0.15, 0.2) is 6.10 Å². The van der Waals surface area contributed by atoms with Gasteiger partial charge in [0.25, 0.3) is 5.91 Å². The van der Waals surface area contributed by atoms with Crippen molar-refractivity contribution >= 4 is 34.9 Å². The van der Waals surface area contributed by atoms with Crippen LogP contribution < -0.4 is 10.2 Å². The predicted molar refractivity (Wildman–Crippen MR) is 110 cm³/mol. The highest BCUT2D eigenvalue weighted by Gasteiger charge is 2.31. The van der Waals surface area contributed by atoms with Crippen LogP contribution in [0.4, 0.5) is 24.5 Å². The Hall–Kier alpha value is -2.74. The van der Waals surface area contributed by atoms with Gasteiger partial charge in [0.1, 0.15) is 0 Å². The molecule has 5 nitrogen and oxygen atoms in total. The summed E-state index contributed by atoms with van der Waals surface area (Å²) in [4.78, 5) is 26.7. The SMILES string of the molecule is CCN(CC)c1ccc(C(=O)O[C@@H](C)C(=O)Nc2cc(C(F)(F)F)ccc2Cl)cc1. The van der Waals surface area contributed by atoms with Gasteiger partial charge in [0, 0.05) is 18.8 Å². The highest BCUT2D eigenvalue weighted by molar-refractivity contribution is 6.33. The highest BCUT2D eigenvalue weighted by Crippen LogP contribution is 2.33. The lowest BCUT2D eigenvalue weighted by molar-refractivity contribution is -0.137. The quantitative estimate of drug-likeness (QED) is 0.584. The molecule has 30 heavy (non-hydrogen) atoms. The molecule has 0 aliphatic heterocycles. The van der Waals surface area contributed by atoms with Crippen molar-refractivity contribution in [3.63, 3.8) is 0 Å². The number of halogens is 4. The van der Waals surface area contributed by atoms with Crippen LogP contribution in [0.5, 0.6) is 0 Å². The molecule has 1 N–H and O–H groups in total. The molecule has 2 aromatic carbocycles. The van der Waals surface area contributed by atoms with Gasteiger partial charge in [-0.3, -0.25) is 4.79 Å². The average molecular weight is 443 g/mol. The molecule has 162 valence electrons. The fourth-order valence-electron chi connectivity index (χ4n) is 2.71. The first kappa shape index (κ1) is 23.5. The molecule has 0 aromatic heterocycles. The number of anilines is 2. The normalized spacial score (nSPS) is 12.2. The smallest absolute Gasteiger partial charge is 0.416 e. The van der Waals surface area contributed by atoms with Gasteiger partial charge in [-0.25, -0.2) is 4.79 Å². The van der Waals surface area contributed by atoms with Crippen molar-refractivity contribution in [1.82, 2.24) is 0 Å². The molecule has 0 fully saturated rings. The summed E-state index contributed by atoms with van der Waals surface area (Å²) in [5, 5.41) is 2.20. The van der Waals surface area contributed by atoms with Gasteiger partial charge in [0.05, 0.1) is 21.8 Å². The first-order chi connectivity index (χ1) is 14.1. The van der Waals surface area contributed by atoms with E-state index in [-0.39, 0.29) is 16.3 Å². The largest absolute Gasteiger partial charge is 0.449 e. The Balaban J connectivity index is 2.04. The van der Waals surface area contributed by atoms with Crippen molar-refractivity contribution in [2.24, 2.45) is 0 Å². The van der Waals surface area contributed by atoms with Gasteiger partial charge in [-0.2, -0.15) is 13.2 Å². The zero-order valence-corrected chi connectivity index (χ0v) is 17.5. The standard InChI is InChI=1S/C21H22ClF3N2O3/c1-4-27(5-2)16-9-6-14(7-10-16)20(29)30-13(3)19(28)26-18-12-15(21(23,24)25)8-11-17(18)22/h6-13H,4-5H2,1-3H3,(H,26,28)/t13-/m0/s1. The van der Waals surface area contributed by atoms with Crippen LogP contribution in [0.1, 0.15) is 36.7 Å². The number of nitrogens with one attached hydrogen (secondary N) is 1. The second-order valence-corrected chi connectivity index (χ2v) is 6.86. The number of ether oxygens (including phenoxy) is 1. The summed E-state index contributed by atoms with van der Waals surface area (Å²) in [6.07, 6.45) is -5.83. The van der Waals surface area contributed by atoms with Crippen LogP contribution in [-0.4, -0.2) is 31.1 Å². The second-order valence-electron chi connectivity index (χ2n) is 6.45. The molecule has 0 bridgehead atoms. The van der Waals surface area contributed by atoms with E-state index in [1.807, 2.05) is 13.8 Å². The monoisotopic (exact) mass is 442 g/mol. The summed E-state index contributed by atoms with van der Waals surface area (Å²) in [7, 11) is 0. The first-order valence-electron chi connectivity index (χ1n) is 9.30. The minimum absolute atomic E-state index is 0.0677. The van der Waals surface area contributed by atoms with E-state index in [1.54, 1.807) is 24.3 Å². The molecular weight excluding hydrogens is 421 g/mol. The molecule has 2 rings (SSSR count). The summed E-state index contributed by atoms with van der Waals surface area (Å²) in [6, 6.07) is 9.29. The van der Waals surface area contributed by atoms with E-state index in [1.165, 1.54) is 6.92 Å². The molecule has 0 aliphatic carbocycles. The molecule has 0 saturated heterocycles. The topological polar surface area (TPSA) is 58.6 Å². The van der Waals surface area contributed by atoms with E-state index < -0.39 is 29.7 Å². The molecule has 0 radical (unpaired) electrons. The Bertz CT molecular complexity index is 897. The highest BCUT2D eigenvalue weighted by atomic mass is 35.5. The first-order valence-corrected chi connectivity index (χ1v) is 9.68. The number of benzene rings is 2. The number of esters is 1. The number of hydrogen-bond acceptors (Lipinski definition) is 4. The predicted octanol–water partition coefficient (Wildman–Crippen LogP) is 5.39. The number of rotatable bonds is 7. The molecule has 1 amide bonds. The number of alkyl halides is 3. The van der Waals surface area contributed by atoms with Crippen LogP contribution in [0, 0.1) is 0 Å². The summed E-state index contributed by atoms with van der Waals surface area (Å²) in [5.41, 5.74) is 0.0206. The molecule has 0 aliphatic rings. The summed E-state index contributed by atoms with van der Waals surface area (Å²) < 4.78 is 43.7. The Morgan fingerprint density at radius 1 is 1.10 bits per heavy atom. The van der Waals surface area contributed by atoms with E-state index in [4.69, 9.17) is 16.3 Å². The fourth-order valence-corrected chi connectivity index (χ4v) is 2.88. The van der Waals surface area contributed by atoms with E-state index >= 15 is 0 Å². The maximum absolute atomic E-state index is 12.9. The maximum atomic E-state index is 12.9. The average Bonchev–Trinajstić information content (AvgIpc) is 2.70. The minimum atomic E-state index is -4.58. The maximum Gasteiger partial charge on any atom is 0.416 e. The molecule has 1 atom stereocenters. The number of nitrogens with zero attached hydrogens (tertiary/aromatic N) is 1. The van der Waals surface area contributed by atoms with Crippen molar-refractivity contribution < 1.29 is 27.5 Å². The molecular formula is C21H22ClF3N2O3. The van der Waals surface area contributed by atoms with Crippen LogP contribution in [0.25, 0.3) is 0 Å². The van der Waals surface area contributed by atoms with Gasteiger partial charge < -0.3 is 15.0 Å². The zero-order valence-electron chi connectivity index (χ0n) is 16.7. The van der Waals surface area contributed by atoms with Crippen molar-refractivity contribution in [2.45, 2.75) is 33.1 Å². The molecule has 0 unspecified atom stereocenters. The van der Waals surface area contributed by atoms with Crippen LogP contribution in [0.15, 0.2) is 42.5 Å². The van der Waals surface area contributed by atoms with E-state index in [2.05, 4.69) is 10.2 Å². The van der Waals surface area contributed by atoms with E-state index in [9.17, 15) is 22.8 Å². The van der Waals surface area contributed by atoms with Crippen molar-refractivity contribution in [3.8, 4) is 0 Å². The third-order valence-electron chi connectivity index (χ3n) is 4.44. The molecule has 0 spiro atoms. The Labute approximate surface area is 177 Å². The van der Waals surface area contributed by atoms with Gasteiger partial charge >= 0.3 is 12.1 Å². The Morgan fingerprint density at radius 3 is 2.23 bits per heavy atom. The lowest BCUT2D eigenvalue weighted by Gasteiger charge is -2.21. The molecule has 9 heteroatoms. The third-order valence-corrected chi connectivity index (χ3v) is 4.77. The van der Waals surface area contributed by atoms with Gasteiger partial charge in [-0.05, 0) is 63.2 Å². The van der Waals surface area contributed by atoms with E-state index in [0.717, 1.165) is 37.0 Å². The fraction of sp³-hybridized carbons (Fsp3) is 0.333.